The van der Waals surface area contributed by atoms with Crippen molar-refractivity contribution in [3.63, 3.8) is 0 Å². The maximum absolute atomic E-state index is 13.4. The normalized spacial score (nSPS) is 20.0. The summed E-state index contributed by atoms with van der Waals surface area (Å²) in [5.41, 5.74) is 0.406. The summed E-state index contributed by atoms with van der Waals surface area (Å²) in [7, 11) is 0. The molecule has 2 aromatic rings. The largest absolute Gasteiger partial charge is 0.434 e. The van der Waals surface area contributed by atoms with E-state index in [1.165, 1.54) is 35.2 Å². The van der Waals surface area contributed by atoms with E-state index in [0.717, 1.165) is 31.2 Å². The minimum atomic E-state index is -3.03. The third-order valence-electron chi connectivity index (χ3n) is 6.63. The maximum Gasteiger partial charge on any atom is 0.387 e. The lowest BCUT2D eigenvalue weighted by atomic mass is 9.86. The molecule has 8 heteroatoms. The van der Waals surface area contributed by atoms with Crippen LogP contribution in [0.1, 0.15) is 54.4 Å². The van der Waals surface area contributed by atoms with Gasteiger partial charge in [-0.15, -0.1) is 0 Å². The first kappa shape index (κ1) is 23.1. The second-order valence-electron chi connectivity index (χ2n) is 8.75. The number of amides is 2. The molecule has 0 bridgehead atoms. The van der Waals surface area contributed by atoms with Gasteiger partial charge in [0.1, 0.15) is 11.6 Å². The number of nitrogens with zero attached hydrogens (tertiary/aromatic N) is 1. The van der Waals surface area contributed by atoms with Crippen molar-refractivity contribution >= 4 is 11.8 Å². The second-order valence-corrected chi connectivity index (χ2v) is 8.75. The van der Waals surface area contributed by atoms with Crippen LogP contribution in [-0.2, 0) is 10.3 Å². The molecule has 2 fully saturated rings. The van der Waals surface area contributed by atoms with Gasteiger partial charge in [-0.3, -0.25) is 9.59 Å². The summed E-state index contributed by atoms with van der Waals surface area (Å²) in [6, 6.07) is 12.1. The number of carbonyl (C=O) groups excluding carboxylic acids is 2. The molecule has 1 aliphatic heterocycles. The third-order valence-corrected chi connectivity index (χ3v) is 6.63. The molecule has 2 amide bonds. The first-order valence-corrected chi connectivity index (χ1v) is 11.3. The van der Waals surface area contributed by atoms with Crippen LogP contribution in [0.25, 0.3) is 0 Å². The molecule has 0 radical (unpaired) electrons. The highest BCUT2D eigenvalue weighted by atomic mass is 19.3. The van der Waals surface area contributed by atoms with E-state index < -0.39 is 24.0 Å². The molecule has 0 spiro atoms. The molecule has 1 saturated heterocycles. The molecule has 1 atom stereocenters. The molecule has 2 aromatic carbocycles. The van der Waals surface area contributed by atoms with Crippen LogP contribution in [0, 0.1) is 11.7 Å². The lowest BCUT2D eigenvalue weighted by Crippen LogP contribution is -2.51. The number of rotatable bonds is 6. The van der Waals surface area contributed by atoms with Crippen LogP contribution in [0.3, 0.4) is 0 Å². The molecule has 1 heterocycles. The summed E-state index contributed by atoms with van der Waals surface area (Å²) < 4.78 is 43.4. The van der Waals surface area contributed by atoms with Gasteiger partial charge in [0.2, 0.25) is 5.91 Å². The minimum absolute atomic E-state index is 0.0532. The molecule has 1 unspecified atom stereocenters. The van der Waals surface area contributed by atoms with Gasteiger partial charge in [0, 0.05) is 13.1 Å². The van der Waals surface area contributed by atoms with Crippen molar-refractivity contribution in [2.45, 2.75) is 50.7 Å². The van der Waals surface area contributed by atoms with E-state index in [-0.39, 0.29) is 29.6 Å². The summed E-state index contributed by atoms with van der Waals surface area (Å²) in [6.45, 7) is -2.39. The third kappa shape index (κ3) is 5.15. The number of benzene rings is 2. The zero-order valence-corrected chi connectivity index (χ0v) is 18.2. The highest BCUT2D eigenvalue weighted by Crippen LogP contribution is 2.39. The first-order chi connectivity index (χ1) is 15.9. The highest BCUT2D eigenvalue weighted by molar-refractivity contribution is 5.97. The predicted molar refractivity (Wildman–Crippen MR) is 116 cm³/mol. The van der Waals surface area contributed by atoms with E-state index in [1.807, 2.05) is 0 Å². The van der Waals surface area contributed by atoms with Gasteiger partial charge >= 0.3 is 6.61 Å². The Morgan fingerprint density at radius 1 is 1.03 bits per heavy atom. The highest BCUT2D eigenvalue weighted by Gasteiger charge is 2.39. The zero-order valence-electron chi connectivity index (χ0n) is 18.2. The second kappa shape index (κ2) is 9.85. The summed E-state index contributed by atoms with van der Waals surface area (Å²) in [5.74, 6) is -1.49. The van der Waals surface area contributed by atoms with Crippen LogP contribution in [0.15, 0.2) is 48.5 Å². The van der Waals surface area contributed by atoms with Crippen molar-refractivity contribution in [2.24, 2.45) is 5.92 Å². The number of alkyl halides is 2. The number of carbonyl (C=O) groups is 2. The Hall–Kier alpha value is -3.03. The molecule has 0 aromatic heterocycles. The quantitative estimate of drug-likeness (QED) is 0.670. The Bertz CT molecular complexity index is 991. The van der Waals surface area contributed by atoms with Crippen molar-refractivity contribution in [2.75, 3.05) is 13.1 Å². The number of nitrogens with one attached hydrogen (secondary N) is 1. The summed E-state index contributed by atoms with van der Waals surface area (Å²) in [6.07, 6.45) is 4.74. The molecule has 1 N–H and O–H groups in total. The Morgan fingerprint density at radius 2 is 1.73 bits per heavy atom. The Balaban J connectivity index is 1.48. The van der Waals surface area contributed by atoms with Crippen LogP contribution in [0.4, 0.5) is 13.2 Å². The fraction of sp³-hybridized carbons (Fsp3) is 0.440. The molecule has 4 rings (SSSR count). The number of hydrogen-bond donors (Lipinski definition) is 1. The number of hydrogen-bond acceptors (Lipinski definition) is 3. The number of likely N-dealkylation sites (tertiary alicyclic amines) is 1. The van der Waals surface area contributed by atoms with Crippen molar-refractivity contribution in [1.82, 2.24) is 10.2 Å². The van der Waals surface area contributed by atoms with E-state index >= 15 is 0 Å². The smallest absolute Gasteiger partial charge is 0.387 e. The number of para-hydroxylation sites is 1. The van der Waals surface area contributed by atoms with Gasteiger partial charge in [0.05, 0.1) is 17.0 Å². The predicted octanol–water partition coefficient (Wildman–Crippen LogP) is 4.87. The standard InChI is InChI=1S/C25H27F3N2O3/c26-19-11-9-18(10-12-19)25(13-3-4-14-25)29-22(31)17-6-5-15-30(16-17)23(32)20-7-1-2-8-21(20)33-24(27)28/h1-2,7-12,17,24H,3-6,13-16H2,(H,29,31). The van der Waals surface area contributed by atoms with E-state index in [4.69, 9.17) is 0 Å². The number of halogens is 3. The van der Waals surface area contributed by atoms with E-state index in [1.54, 1.807) is 18.2 Å². The van der Waals surface area contributed by atoms with Crippen molar-refractivity contribution in [3.05, 3.63) is 65.5 Å². The van der Waals surface area contributed by atoms with Gasteiger partial charge in [-0.2, -0.15) is 8.78 Å². The van der Waals surface area contributed by atoms with Crippen LogP contribution >= 0.6 is 0 Å². The zero-order chi connectivity index (χ0) is 23.4. The van der Waals surface area contributed by atoms with Crippen LogP contribution in [0.5, 0.6) is 5.75 Å². The summed E-state index contributed by atoms with van der Waals surface area (Å²) in [5, 5.41) is 3.21. The first-order valence-electron chi connectivity index (χ1n) is 11.3. The molecule has 176 valence electrons. The van der Waals surface area contributed by atoms with E-state index in [0.29, 0.717) is 19.4 Å². The van der Waals surface area contributed by atoms with Gasteiger partial charge in [-0.1, -0.05) is 37.1 Å². The lowest BCUT2D eigenvalue weighted by molar-refractivity contribution is -0.128. The number of ether oxygens (including phenoxy) is 1. The molecule has 2 aliphatic rings. The van der Waals surface area contributed by atoms with Crippen molar-refractivity contribution in [3.8, 4) is 5.75 Å². The van der Waals surface area contributed by atoms with Gasteiger partial charge in [0.25, 0.3) is 5.91 Å². The molecule has 33 heavy (non-hydrogen) atoms. The maximum atomic E-state index is 13.4. The molecular weight excluding hydrogens is 433 g/mol. The monoisotopic (exact) mass is 460 g/mol. The Labute approximate surface area is 190 Å². The molecular formula is C25H27F3N2O3. The molecule has 5 nitrogen and oxygen atoms in total. The van der Waals surface area contributed by atoms with Crippen LogP contribution < -0.4 is 10.1 Å². The van der Waals surface area contributed by atoms with Crippen molar-refractivity contribution in [1.29, 1.82) is 0 Å². The fourth-order valence-electron chi connectivity index (χ4n) is 4.96. The SMILES string of the molecule is O=C(NC1(c2ccc(F)cc2)CCCC1)C1CCCN(C(=O)c2ccccc2OC(F)F)C1. The number of piperidine rings is 1. The minimum Gasteiger partial charge on any atom is -0.434 e. The van der Waals surface area contributed by atoms with Crippen LogP contribution in [0.2, 0.25) is 0 Å². The van der Waals surface area contributed by atoms with Crippen LogP contribution in [-0.4, -0.2) is 36.4 Å². The topological polar surface area (TPSA) is 58.6 Å². The molecule has 1 aliphatic carbocycles. The van der Waals surface area contributed by atoms with Gasteiger partial charge in [-0.05, 0) is 55.5 Å². The van der Waals surface area contributed by atoms with Gasteiger partial charge in [0.15, 0.2) is 0 Å². The average Bonchev–Trinajstić information content (AvgIpc) is 3.28. The van der Waals surface area contributed by atoms with Gasteiger partial charge in [-0.25, -0.2) is 4.39 Å². The van der Waals surface area contributed by atoms with E-state index in [2.05, 4.69) is 10.1 Å². The molecule has 1 saturated carbocycles. The van der Waals surface area contributed by atoms with Gasteiger partial charge < -0.3 is 15.0 Å². The van der Waals surface area contributed by atoms with E-state index in [9.17, 15) is 22.8 Å². The lowest BCUT2D eigenvalue weighted by Gasteiger charge is -2.36. The fourth-order valence-corrected chi connectivity index (χ4v) is 4.96. The van der Waals surface area contributed by atoms with Crippen molar-refractivity contribution < 1.29 is 27.5 Å². The average molecular weight is 460 g/mol. The Kier molecular flexibility index (Phi) is 6.91. The summed E-state index contributed by atoms with van der Waals surface area (Å²) >= 11 is 0. The summed E-state index contributed by atoms with van der Waals surface area (Å²) in [4.78, 5) is 27.9. The Morgan fingerprint density at radius 3 is 2.42 bits per heavy atom.